The van der Waals surface area contributed by atoms with Crippen LogP contribution in [0.1, 0.15) is 6.42 Å². The predicted octanol–water partition coefficient (Wildman–Crippen LogP) is 3.59. The summed E-state index contributed by atoms with van der Waals surface area (Å²) < 4.78 is 5.79. The maximum Gasteiger partial charge on any atom is 0.308 e. The van der Waals surface area contributed by atoms with Crippen LogP contribution in [0.3, 0.4) is 0 Å². The first kappa shape index (κ1) is 15.7. The summed E-state index contributed by atoms with van der Waals surface area (Å²) >= 11 is 6.18. The summed E-state index contributed by atoms with van der Waals surface area (Å²) in [5, 5.41) is 9.64. The van der Waals surface area contributed by atoms with Crippen molar-refractivity contribution in [3.05, 3.63) is 47.5 Å². The van der Waals surface area contributed by atoms with Crippen molar-refractivity contribution < 1.29 is 19.1 Å². The molecule has 6 nitrogen and oxygen atoms in total. The fourth-order valence-electron chi connectivity index (χ4n) is 2.95. The van der Waals surface area contributed by atoms with Gasteiger partial charge in [0.2, 0.25) is 11.8 Å². The number of amides is 1. The quantitative estimate of drug-likeness (QED) is 0.775. The number of aromatic nitrogens is 1. The van der Waals surface area contributed by atoms with Gasteiger partial charge in [0.05, 0.1) is 16.5 Å². The van der Waals surface area contributed by atoms with Crippen molar-refractivity contribution in [2.75, 3.05) is 11.4 Å². The topological polar surface area (TPSA) is 83.6 Å². The Bertz CT molecular complexity index is 998. The van der Waals surface area contributed by atoms with Crippen molar-refractivity contribution in [2.24, 2.45) is 5.92 Å². The van der Waals surface area contributed by atoms with Gasteiger partial charge in [0.15, 0.2) is 5.58 Å². The normalized spacial score (nSPS) is 17.4. The molecule has 1 fully saturated rings. The largest absolute Gasteiger partial charge is 0.481 e. The standard InChI is InChI=1S/C18H13ClN2O4/c19-13-4-2-1-3-12(13)17-20-14-6-5-11(8-15(14)25-17)21-9-10(18(23)24)7-16(21)22/h1-6,8,10H,7,9H2,(H,23,24). The summed E-state index contributed by atoms with van der Waals surface area (Å²) in [6.07, 6.45) is 0.00858. The number of aliphatic carboxylic acids is 1. The number of fused-ring (bicyclic) bond motifs is 1. The van der Waals surface area contributed by atoms with Crippen LogP contribution >= 0.6 is 11.6 Å². The summed E-state index contributed by atoms with van der Waals surface area (Å²) in [6, 6.07) is 12.4. The Labute approximate surface area is 147 Å². The number of carboxylic acids is 1. The molecule has 25 heavy (non-hydrogen) atoms. The van der Waals surface area contributed by atoms with Gasteiger partial charge in [0.25, 0.3) is 0 Å². The van der Waals surface area contributed by atoms with Crippen LogP contribution in [-0.2, 0) is 9.59 Å². The van der Waals surface area contributed by atoms with Gasteiger partial charge < -0.3 is 14.4 Å². The van der Waals surface area contributed by atoms with Crippen LogP contribution in [0.5, 0.6) is 0 Å². The molecule has 1 aliphatic heterocycles. The van der Waals surface area contributed by atoms with Gasteiger partial charge in [0.1, 0.15) is 5.52 Å². The SMILES string of the molecule is O=C(O)C1CC(=O)N(c2ccc3nc(-c4ccccc4Cl)oc3c2)C1. The number of carbonyl (C=O) groups is 2. The van der Waals surface area contributed by atoms with Gasteiger partial charge in [-0.3, -0.25) is 9.59 Å². The highest BCUT2D eigenvalue weighted by Crippen LogP contribution is 2.32. The second-order valence-electron chi connectivity index (χ2n) is 5.89. The van der Waals surface area contributed by atoms with E-state index in [9.17, 15) is 9.59 Å². The fourth-order valence-corrected chi connectivity index (χ4v) is 3.17. The molecule has 2 aromatic carbocycles. The maximum atomic E-state index is 12.1. The van der Waals surface area contributed by atoms with E-state index < -0.39 is 11.9 Å². The van der Waals surface area contributed by atoms with E-state index in [1.807, 2.05) is 18.2 Å². The number of hydrogen-bond acceptors (Lipinski definition) is 4. The molecule has 1 amide bonds. The van der Waals surface area contributed by atoms with Crippen molar-refractivity contribution in [2.45, 2.75) is 6.42 Å². The number of carbonyl (C=O) groups excluding carboxylic acids is 1. The van der Waals surface area contributed by atoms with E-state index in [2.05, 4.69) is 4.98 Å². The number of anilines is 1. The Hall–Kier alpha value is -2.86. The molecule has 1 N–H and O–H groups in total. The van der Waals surface area contributed by atoms with Crippen molar-refractivity contribution in [3.8, 4) is 11.5 Å². The average Bonchev–Trinajstić information content (AvgIpc) is 3.18. The molecule has 1 aliphatic rings. The molecule has 0 aliphatic carbocycles. The van der Waals surface area contributed by atoms with E-state index in [0.29, 0.717) is 33.3 Å². The Morgan fingerprint density at radius 2 is 2.08 bits per heavy atom. The summed E-state index contributed by atoms with van der Waals surface area (Å²) in [6.45, 7) is 0.158. The number of hydrogen-bond donors (Lipinski definition) is 1. The molecule has 1 aromatic heterocycles. The van der Waals surface area contributed by atoms with Gasteiger partial charge in [-0.15, -0.1) is 0 Å². The minimum Gasteiger partial charge on any atom is -0.481 e. The molecule has 3 aromatic rings. The van der Waals surface area contributed by atoms with E-state index in [1.54, 1.807) is 24.3 Å². The molecule has 1 saturated heterocycles. The van der Waals surface area contributed by atoms with Crippen LogP contribution in [-0.4, -0.2) is 28.5 Å². The highest BCUT2D eigenvalue weighted by Gasteiger charge is 2.35. The lowest BCUT2D eigenvalue weighted by molar-refractivity contribution is -0.141. The minimum absolute atomic E-state index is 0.00858. The zero-order chi connectivity index (χ0) is 17.6. The maximum absolute atomic E-state index is 12.1. The highest BCUT2D eigenvalue weighted by molar-refractivity contribution is 6.33. The van der Waals surface area contributed by atoms with E-state index in [1.165, 1.54) is 4.90 Å². The first-order valence-corrected chi connectivity index (χ1v) is 8.09. The van der Waals surface area contributed by atoms with Gasteiger partial charge in [-0.2, -0.15) is 0 Å². The Morgan fingerprint density at radius 3 is 2.80 bits per heavy atom. The molecule has 2 heterocycles. The molecule has 7 heteroatoms. The Kier molecular flexibility index (Phi) is 3.69. The third-order valence-electron chi connectivity index (χ3n) is 4.26. The van der Waals surface area contributed by atoms with Gasteiger partial charge in [0, 0.05) is 24.7 Å². The molecule has 1 unspecified atom stereocenters. The van der Waals surface area contributed by atoms with E-state index in [-0.39, 0.29) is 18.9 Å². The van der Waals surface area contributed by atoms with E-state index in [4.69, 9.17) is 21.1 Å². The third-order valence-corrected chi connectivity index (χ3v) is 4.59. The molecule has 4 rings (SSSR count). The van der Waals surface area contributed by atoms with Crippen LogP contribution in [0, 0.1) is 5.92 Å². The van der Waals surface area contributed by atoms with Gasteiger partial charge in [-0.25, -0.2) is 4.98 Å². The lowest BCUT2D eigenvalue weighted by Crippen LogP contribution is -2.25. The van der Waals surface area contributed by atoms with Crippen molar-refractivity contribution >= 4 is 40.3 Å². The minimum atomic E-state index is -0.961. The number of nitrogens with zero attached hydrogens (tertiary/aromatic N) is 2. The molecular formula is C18H13ClN2O4. The molecule has 0 saturated carbocycles. The van der Waals surface area contributed by atoms with Gasteiger partial charge in [-0.05, 0) is 24.3 Å². The smallest absolute Gasteiger partial charge is 0.308 e. The number of benzene rings is 2. The van der Waals surface area contributed by atoms with E-state index in [0.717, 1.165) is 0 Å². The molecule has 0 bridgehead atoms. The van der Waals surface area contributed by atoms with Crippen LogP contribution < -0.4 is 4.90 Å². The van der Waals surface area contributed by atoms with Gasteiger partial charge >= 0.3 is 5.97 Å². The monoisotopic (exact) mass is 356 g/mol. The van der Waals surface area contributed by atoms with E-state index >= 15 is 0 Å². The number of carboxylic acid groups (broad SMARTS) is 1. The lowest BCUT2D eigenvalue weighted by atomic mass is 10.1. The lowest BCUT2D eigenvalue weighted by Gasteiger charge is -2.15. The average molecular weight is 357 g/mol. The molecule has 0 spiro atoms. The number of halogens is 1. The predicted molar refractivity (Wildman–Crippen MR) is 92.6 cm³/mol. The number of rotatable bonds is 3. The Morgan fingerprint density at radius 1 is 1.28 bits per heavy atom. The van der Waals surface area contributed by atoms with Crippen LogP contribution in [0.25, 0.3) is 22.6 Å². The third kappa shape index (κ3) is 2.74. The van der Waals surface area contributed by atoms with Crippen LogP contribution in [0.4, 0.5) is 5.69 Å². The highest BCUT2D eigenvalue weighted by atomic mass is 35.5. The zero-order valence-electron chi connectivity index (χ0n) is 13.0. The molecule has 126 valence electrons. The zero-order valence-corrected chi connectivity index (χ0v) is 13.7. The summed E-state index contributed by atoms with van der Waals surface area (Å²) in [7, 11) is 0. The van der Waals surface area contributed by atoms with Crippen molar-refractivity contribution in [1.82, 2.24) is 4.98 Å². The first-order valence-electron chi connectivity index (χ1n) is 7.71. The molecular weight excluding hydrogens is 344 g/mol. The second-order valence-corrected chi connectivity index (χ2v) is 6.30. The summed E-state index contributed by atoms with van der Waals surface area (Å²) in [4.78, 5) is 29.1. The van der Waals surface area contributed by atoms with Crippen molar-refractivity contribution in [1.29, 1.82) is 0 Å². The summed E-state index contributed by atoms with van der Waals surface area (Å²) in [5.41, 5.74) is 2.44. The molecule has 0 radical (unpaired) electrons. The van der Waals surface area contributed by atoms with Gasteiger partial charge in [-0.1, -0.05) is 23.7 Å². The summed E-state index contributed by atoms with van der Waals surface area (Å²) in [5.74, 6) is -1.46. The van der Waals surface area contributed by atoms with Crippen LogP contribution in [0.2, 0.25) is 5.02 Å². The van der Waals surface area contributed by atoms with Crippen molar-refractivity contribution in [3.63, 3.8) is 0 Å². The number of oxazole rings is 1. The fraction of sp³-hybridized carbons (Fsp3) is 0.167. The molecule has 1 atom stereocenters. The Balaban J connectivity index is 1.71. The second kappa shape index (κ2) is 5.89. The van der Waals surface area contributed by atoms with Crippen LogP contribution in [0.15, 0.2) is 46.9 Å². The first-order chi connectivity index (χ1) is 12.0.